The van der Waals surface area contributed by atoms with E-state index in [2.05, 4.69) is 9.97 Å². The first-order valence-electron chi connectivity index (χ1n) is 4.46. The Bertz CT molecular complexity index is 360. The van der Waals surface area contributed by atoms with E-state index in [9.17, 15) is 4.79 Å². The molecule has 0 aliphatic heterocycles. The molecule has 0 spiro atoms. The maximum absolute atomic E-state index is 11.3. The zero-order chi connectivity index (χ0) is 10.6. The summed E-state index contributed by atoms with van der Waals surface area (Å²) >= 11 is 0. The minimum Gasteiger partial charge on any atom is -0.388 e. The first-order valence-corrected chi connectivity index (χ1v) is 4.46. The Hall–Kier alpha value is -1.20. The average Bonchev–Trinajstić information content (AvgIpc) is 2.20. The summed E-state index contributed by atoms with van der Waals surface area (Å²) in [6.07, 6.45) is 0. The van der Waals surface area contributed by atoms with Crippen LogP contribution in [0.15, 0.2) is 4.79 Å². The van der Waals surface area contributed by atoms with E-state index in [1.54, 1.807) is 6.92 Å². The Morgan fingerprint density at radius 1 is 1.57 bits per heavy atom. The molecular weight excluding hydrogens is 184 g/mol. The molecule has 0 aromatic carbocycles. The van der Waals surface area contributed by atoms with E-state index in [1.165, 1.54) is 0 Å². The topological polar surface area (TPSA) is 75.2 Å². The lowest BCUT2D eigenvalue weighted by Crippen LogP contribution is -2.18. The molecule has 1 rings (SSSR count). The van der Waals surface area contributed by atoms with Crippen molar-refractivity contribution in [3.63, 3.8) is 0 Å². The van der Waals surface area contributed by atoms with E-state index in [1.807, 2.05) is 6.92 Å². The summed E-state index contributed by atoms with van der Waals surface area (Å²) in [4.78, 5) is 17.8. The smallest absolute Gasteiger partial charge is 0.254 e. The zero-order valence-corrected chi connectivity index (χ0v) is 8.33. The van der Waals surface area contributed by atoms with Crippen molar-refractivity contribution in [2.75, 3.05) is 6.61 Å². The van der Waals surface area contributed by atoms with Crippen LogP contribution in [0.4, 0.5) is 0 Å². The van der Waals surface area contributed by atoms with E-state index in [-0.39, 0.29) is 18.0 Å². The normalized spacial score (nSPS) is 10.5. The molecule has 5 heteroatoms. The number of aromatic amines is 1. The maximum Gasteiger partial charge on any atom is 0.254 e. The monoisotopic (exact) mass is 198 g/mol. The van der Waals surface area contributed by atoms with Crippen molar-refractivity contribution in [2.45, 2.75) is 27.1 Å². The average molecular weight is 198 g/mol. The van der Waals surface area contributed by atoms with Crippen LogP contribution in [0.5, 0.6) is 0 Å². The van der Waals surface area contributed by atoms with Gasteiger partial charge in [-0.15, -0.1) is 0 Å². The van der Waals surface area contributed by atoms with Crippen LogP contribution in [-0.2, 0) is 18.0 Å². The SMILES string of the molecule is CCOCc1nc(CO)[nH]c(=O)c1C. The van der Waals surface area contributed by atoms with Gasteiger partial charge >= 0.3 is 0 Å². The molecule has 2 N–H and O–H groups in total. The second-order valence-electron chi connectivity index (χ2n) is 2.88. The molecule has 0 unspecified atom stereocenters. The molecule has 0 atom stereocenters. The van der Waals surface area contributed by atoms with Crippen molar-refractivity contribution in [2.24, 2.45) is 0 Å². The van der Waals surface area contributed by atoms with Crippen LogP contribution in [0.3, 0.4) is 0 Å². The summed E-state index contributed by atoms with van der Waals surface area (Å²) in [5, 5.41) is 8.83. The number of rotatable bonds is 4. The third-order valence-electron chi connectivity index (χ3n) is 1.89. The predicted molar refractivity (Wildman–Crippen MR) is 50.8 cm³/mol. The molecule has 0 fully saturated rings. The summed E-state index contributed by atoms with van der Waals surface area (Å²) in [5.74, 6) is 0.273. The minimum absolute atomic E-state index is 0.223. The van der Waals surface area contributed by atoms with Gasteiger partial charge in [0.15, 0.2) is 0 Å². The lowest BCUT2D eigenvalue weighted by Gasteiger charge is -2.05. The van der Waals surface area contributed by atoms with Crippen molar-refractivity contribution >= 4 is 0 Å². The molecular formula is C9H14N2O3. The van der Waals surface area contributed by atoms with Gasteiger partial charge in [0.05, 0.1) is 12.3 Å². The van der Waals surface area contributed by atoms with Crippen molar-refractivity contribution in [1.29, 1.82) is 0 Å². The lowest BCUT2D eigenvalue weighted by molar-refractivity contribution is 0.130. The molecule has 14 heavy (non-hydrogen) atoms. The maximum atomic E-state index is 11.3. The van der Waals surface area contributed by atoms with Gasteiger partial charge < -0.3 is 14.8 Å². The second-order valence-corrected chi connectivity index (χ2v) is 2.88. The molecule has 1 aromatic heterocycles. The largest absolute Gasteiger partial charge is 0.388 e. The van der Waals surface area contributed by atoms with Gasteiger partial charge in [-0.3, -0.25) is 4.79 Å². The van der Waals surface area contributed by atoms with E-state index in [0.29, 0.717) is 24.5 Å². The Kier molecular flexibility index (Phi) is 3.79. The van der Waals surface area contributed by atoms with E-state index in [0.717, 1.165) is 0 Å². The van der Waals surface area contributed by atoms with Gasteiger partial charge in [0.2, 0.25) is 0 Å². The quantitative estimate of drug-likeness (QED) is 0.719. The Morgan fingerprint density at radius 2 is 2.29 bits per heavy atom. The fraction of sp³-hybridized carbons (Fsp3) is 0.556. The zero-order valence-electron chi connectivity index (χ0n) is 8.33. The van der Waals surface area contributed by atoms with Gasteiger partial charge in [-0.25, -0.2) is 4.98 Å². The third-order valence-corrected chi connectivity index (χ3v) is 1.89. The predicted octanol–water partition coefficient (Wildman–Crippen LogP) is 0.107. The van der Waals surface area contributed by atoms with Crippen LogP contribution in [0.25, 0.3) is 0 Å². The highest BCUT2D eigenvalue weighted by Gasteiger charge is 2.06. The highest BCUT2D eigenvalue weighted by molar-refractivity contribution is 5.14. The van der Waals surface area contributed by atoms with Crippen molar-refractivity contribution < 1.29 is 9.84 Å². The van der Waals surface area contributed by atoms with E-state index in [4.69, 9.17) is 9.84 Å². The van der Waals surface area contributed by atoms with Crippen molar-refractivity contribution in [1.82, 2.24) is 9.97 Å². The fourth-order valence-electron chi connectivity index (χ4n) is 1.04. The van der Waals surface area contributed by atoms with Crippen LogP contribution in [0.2, 0.25) is 0 Å². The molecule has 0 saturated carbocycles. The third kappa shape index (κ3) is 2.40. The molecule has 0 radical (unpaired) electrons. The van der Waals surface area contributed by atoms with E-state index >= 15 is 0 Å². The van der Waals surface area contributed by atoms with Gasteiger partial charge in [0.1, 0.15) is 12.4 Å². The Morgan fingerprint density at radius 3 is 2.86 bits per heavy atom. The standard InChI is InChI=1S/C9H14N2O3/c1-3-14-5-7-6(2)9(13)11-8(4-12)10-7/h12H,3-5H2,1-2H3,(H,10,11,13). The number of nitrogens with one attached hydrogen (secondary N) is 1. The number of ether oxygens (including phenoxy) is 1. The van der Waals surface area contributed by atoms with Crippen LogP contribution in [-0.4, -0.2) is 21.7 Å². The molecule has 0 saturated heterocycles. The number of aliphatic hydroxyl groups is 1. The second kappa shape index (κ2) is 4.88. The van der Waals surface area contributed by atoms with Gasteiger partial charge in [-0.2, -0.15) is 0 Å². The molecule has 0 aliphatic carbocycles. The fourth-order valence-corrected chi connectivity index (χ4v) is 1.04. The Labute approximate surface area is 81.8 Å². The Balaban J connectivity index is 3.01. The number of aliphatic hydroxyl groups excluding tert-OH is 1. The van der Waals surface area contributed by atoms with Crippen LogP contribution < -0.4 is 5.56 Å². The van der Waals surface area contributed by atoms with Crippen LogP contribution in [0.1, 0.15) is 24.0 Å². The van der Waals surface area contributed by atoms with Gasteiger partial charge in [0, 0.05) is 12.2 Å². The summed E-state index contributed by atoms with van der Waals surface area (Å²) in [6.45, 7) is 4.16. The van der Waals surface area contributed by atoms with Gasteiger partial charge in [-0.1, -0.05) is 0 Å². The molecule has 78 valence electrons. The lowest BCUT2D eigenvalue weighted by atomic mass is 10.2. The van der Waals surface area contributed by atoms with Crippen LogP contribution >= 0.6 is 0 Å². The van der Waals surface area contributed by atoms with Crippen molar-refractivity contribution in [3.8, 4) is 0 Å². The van der Waals surface area contributed by atoms with E-state index < -0.39 is 0 Å². The highest BCUT2D eigenvalue weighted by atomic mass is 16.5. The number of aromatic nitrogens is 2. The number of hydrogen-bond acceptors (Lipinski definition) is 4. The van der Waals surface area contributed by atoms with Gasteiger partial charge in [0.25, 0.3) is 5.56 Å². The minimum atomic E-state index is -0.269. The summed E-state index contributed by atoms with van der Waals surface area (Å²) in [5.41, 5.74) is 0.897. The van der Waals surface area contributed by atoms with Crippen molar-refractivity contribution in [3.05, 3.63) is 27.4 Å². The number of hydrogen-bond donors (Lipinski definition) is 2. The number of nitrogens with zero attached hydrogens (tertiary/aromatic N) is 1. The van der Waals surface area contributed by atoms with Gasteiger partial charge in [-0.05, 0) is 13.8 Å². The molecule has 1 aromatic rings. The first kappa shape index (κ1) is 10.9. The van der Waals surface area contributed by atoms with Crippen LogP contribution in [0, 0.1) is 6.92 Å². The molecule has 0 aliphatic rings. The molecule has 1 heterocycles. The molecule has 5 nitrogen and oxygen atoms in total. The summed E-state index contributed by atoms with van der Waals surface area (Å²) < 4.78 is 5.16. The summed E-state index contributed by atoms with van der Waals surface area (Å²) in [7, 11) is 0. The summed E-state index contributed by atoms with van der Waals surface area (Å²) in [6, 6.07) is 0. The molecule has 0 amide bonds. The highest BCUT2D eigenvalue weighted by Crippen LogP contribution is 2.01. The number of H-pyrrole nitrogens is 1. The molecule has 0 bridgehead atoms. The first-order chi connectivity index (χ1) is 6.69.